The zero-order chi connectivity index (χ0) is 15.4. The Balaban J connectivity index is 2.19. The van der Waals surface area contributed by atoms with Crippen molar-refractivity contribution in [3.05, 3.63) is 33.9 Å². The van der Waals surface area contributed by atoms with Gasteiger partial charge in [0, 0.05) is 36.5 Å². The smallest absolute Gasteiger partial charge is 0.269 e. The average molecular weight is 292 g/mol. The van der Waals surface area contributed by atoms with Gasteiger partial charge in [-0.15, -0.1) is 0 Å². The summed E-state index contributed by atoms with van der Waals surface area (Å²) >= 11 is 0. The van der Waals surface area contributed by atoms with Crippen molar-refractivity contribution >= 4 is 11.4 Å². The highest BCUT2D eigenvalue weighted by Gasteiger charge is 2.21. The molecular weight excluding hydrogens is 268 g/mol. The fourth-order valence-corrected chi connectivity index (χ4v) is 3.15. The van der Waals surface area contributed by atoms with E-state index in [0.717, 1.165) is 37.5 Å². The molecule has 1 aliphatic heterocycles. The lowest BCUT2D eigenvalue weighted by Crippen LogP contribution is -2.25. The van der Waals surface area contributed by atoms with Crippen LogP contribution in [0.1, 0.15) is 38.7 Å². The number of rotatable bonds is 4. The fraction of sp³-hybridized carbons (Fsp3) is 0.625. The molecule has 116 valence electrons. The third-order valence-electron chi connectivity index (χ3n) is 4.50. The molecule has 1 aromatic rings. The molecule has 1 heterocycles. The lowest BCUT2D eigenvalue weighted by atomic mass is 9.89. The van der Waals surface area contributed by atoms with Crippen LogP contribution in [0.5, 0.6) is 0 Å². The molecule has 0 aromatic heterocycles. The first-order chi connectivity index (χ1) is 10.0. The summed E-state index contributed by atoms with van der Waals surface area (Å²) in [4.78, 5) is 12.7. The van der Waals surface area contributed by atoms with E-state index >= 15 is 0 Å². The van der Waals surface area contributed by atoms with Crippen molar-refractivity contribution in [2.45, 2.75) is 39.7 Å². The Morgan fingerprint density at radius 2 is 2.14 bits per heavy atom. The Kier molecular flexibility index (Phi) is 5.17. The maximum absolute atomic E-state index is 10.8. The molecule has 0 amide bonds. The molecule has 1 N–H and O–H groups in total. The number of anilines is 1. The Hall–Kier alpha value is -1.62. The highest BCUT2D eigenvalue weighted by Crippen LogP contribution is 2.30. The quantitative estimate of drug-likeness (QED) is 0.682. The number of aliphatic hydroxyl groups is 1. The monoisotopic (exact) mass is 292 g/mol. The van der Waals surface area contributed by atoms with Crippen molar-refractivity contribution in [2.24, 2.45) is 11.8 Å². The molecule has 1 saturated heterocycles. The van der Waals surface area contributed by atoms with Crippen LogP contribution in [-0.2, 0) is 6.61 Å². The Bertz CT molecular complexity index is 502. The van der Waals surface area contributed by atoms with Gasteiger partial charge in [-0.1, -0.05) is 13.8 Å². The van der Waals surface area contributed by atoms with Gasteiger partial charge in [0.05, 0.1) is 11.5 Å². The van der Waals surface area contributed by atoms with Crippen molar-refractivity contribution in [3.63, 3.8) is 0 Å². The lowest BCUT2D eigenvalue weighted by molar-refractivity contribution is -0.384. The Labute approximate surface area is 125 Å². The van der Waals surface area contributed by atoms with E-state index in [9.17, 15) is 15.2 Å². The van der Waals surface area contributed by atoms with Gasteiger partial charge in [-0.2, -0.15) is 0 Å². The van der Waals surface area contributed by atoms with E-state index in [1.54, 1.807) is 6.07 Å². The minimum Gasteiger partial charge on any atom is -0.392 e. The number of nitro groups is 1. The number of benzene rings is 1. The van der Waals surface area contributed by atoms with Gasteiger partial charge in [0.1, 0.15) is 0 Å². The third kappa shape index (κ3) is 3.73. The second-order valence-electron chi connectivity index (χ2n) is 6.15. The third-order valence-corrected chi connectivity index (χ3v) is 4.50. The van der Waals surface area contributed by atoms with Gasteiger partial charge in [0.25, 0.3) is 5.69 Å². The first-order valence-corrected chi connectivity index (χ1v) is 7.66. The summed E-state index contributed by atoms with van der Waals surface area (Å²) in [5.74, 6) is 1.43. The lowest BCUT2D eigenvalue weighted by Gasteiger charge is -2.25. The van der Waals surface area contributed by atoms with Gasteiger partial charge in [-0.05, 0) is 37.2 Å². The van der Waals surface area contributed by atoms with Crippen molar-refractivity contribution in [1.82, 2.24) is 0 Å². The van der Waals surface area contributed by atoms with Crippen LogP contribution in [0.3, 0.4) is 0 Å². The molecule has 0 aliphatic carbocycles. The molecule has 0 radical (unpaired) electrons. The highest BCUT2D eigenvalue weighted by molar-refractivity contribution is 5.57. The maximum atomic E-state index is 10.8. The van der Waals surface area contributed by atoms with Crippen LogP contribution >= 0.6 is 0 Å². The van der Waals surface area contributed by atoms with E-state index in [-0.39, 0.29) is 12.3 Å². The number of nitrogens with zero attached hydrogens (tertiary/aromatic N) is 2. The number of nitro benzene ring substituents is 1. The van der Waals surface area contributed by atoms with Gasteiger partial charge in [-0.3, -0.25) is 10.1 Å². The Morgan fingerprint density at radius 1 is 1.38 bits per heavy atom. The molecule has 5 nitrogen and oxygen atoms in total. The molecule has 0 bridgehead atoms. The molecular formula is C16H24N2O3. The normalized spacial score (nSPS) is 19.6. The van der Waals surface area contributed by atoms with Crippen LogP contribution in [0.4, 0.5) is 11.4 Å². The summed E-state index contributed by atoms with van der Waals surface area (Å²) < 4.78 is 0. The van der Waals surface area contributed by atoms with Gasteiger partial charge in [0.15, 0.2) is 0 Å². The van der Waals surface area contributed by atoms with Gasteiger partial charge in [0.2, 0.25) is 0 Å². The average Bonchev–Trinajstić information content (AvgIpc) is 2.72. The van der Waals surface area contributed by atoms with E-state index in [2.05, 4.69) is 18.7 Å². The van der Waals surface area contributed by atoms with Gasteiger partial charge >= 0.3 is 0 Å². The minimum absolute atomic E-state index is 0.0395. The summed E-state index contributed by atoms with van der Waals surface area (Å²) in [5.41, 5.74) is 1.62. The second-order valence-corrected chi connectivity index (χ2v) is 6.15. The summed E-state index contributed by atoms with van der Waals surface area (Å²) in [6.07, 6.45) is 3.50. The first kappa shape index (κ1) is 15.8. The molecule has 1 aromatic carbocycles. The van der Waals surface area contributed by atoms with Crippen molar-refractivity contribution < 1.29 is 10.0 Å². The SMILES string of the molecule is CC(C)C1CCCN(c2ccc([N+](=O)[O-])cc2CO)CC1. The number of hydrogen-bond donors (Lipinski definition) is 1. The highest BCUT2D eigenvalue weighted by atomic mass is 16.6. The predicted octanol–water partition coefficient (Wildman–Crippen LogP) is 3.35. The van der Waals surface area contributed by atoms with E-state index in [0.29, 0.717) is 11.5 Å². The number of non-ortho nitro benzene ring substituents is 1. The van der Waals surface area contributed by atoms with Crippen LogP contribution in [-0.4, -0.2) is 23.1 Å². The maximum Gasteiger partial charge on any atom is 0.269 e. The molecule has 1 unspecified atom stereocenters. The largest absolute Gasteiger partial charge is 0.392 e. The summed E-state index contributed by atoms with van der Waals surface area (Å²) in [5, 5.41) is 20.4. The number of aliphatic hydroxyl groups excluding tert-OH is 1. The second kappa shape index (κ2) is 6.89. The van der Waals surface area contributed by atoms with Crippen LogP contribution in [0.25, 0.3) is 0 Å². The summed E-state index contributed by atoms with van der Waals surface area (Å²) in [6, 6.07) is 4.79. The van der Waals surface area contributed by atoms with Crippen molar-refractivity contribution in [2.75, 3.05) is 18.0 Å². The van der Waals surface area contributed by atoms with E-state index in [1.807, 2.05) is 0 Å². The van der Waals surface area contributed by atoms with Crippen LogP contribution < -0.4 is 4.90 Å². The molecule has 21 heavy (non-hydrogen) atoms. The molecule has 2 rings (SSSR count). The summed E-state index contributed by atoms with van der Waals surface area (Å²) in [6.45, 7) is 6.28. The fourth-order valence-electron chi connectivity index (χ4n) is 3.15. The van der Waals surface area contributed by atoms with Gasteiger partial charge < -0.3 is 10.0 Å². The van der Waals surface area contributed by atoms with E-state index in [4.69, 9.17) is 0 Å². The molecule has 1 atom stereocenters. The molecule has 1 fully saturated rings. The first-order valence-electron chi connectivity index (χ1n) is 7.66. The minimum atomic E-state index is -0.417. The topological polar surface area (TPSA) is 66.6 Å². The molecule has 0 saturated carbocycles. The Morgan fingerprint density at radius 3 is 2.76 bits per heavy atom. The van der Waals surface area contributed by atoms with Gasteiger partial charge in [-0.25, -0.2) is 0 Å². The van der Waals surface area contributed by atoms with Crippen molar-refractivity contribution in [1.29, 1.82) is 0 Å². The van der Waals surface area contributed by atoms with Crippen LogP contribution in [0, 0.1) is 22.0 Å². The zero-order valence-corrected chi connectivity index (χ0v) is 12.8. The van der Waals surface area contributed by atoms with E-state index in [1.165, 1.54) is 18.6 Å². The van der Waals surface area contributed by atoms with Crippen molar-refractivity contribution in [3.8, 4) is 0 Å². The standard InChI is InChI=1S/C16H24N2O3/c1-12(2)13-4-3-8-17(9-7-13)16-6-5-15(18(20)21)10-14(16)11-19/h5-6,10,12-13,19H,3-4,7-9,11H2,1-2H3. The predicted molar refractivity (Wildman–Crippen MR) is 83.4 cm³/mol. The van der Waals surface area contributed by atoms with Crippen LogP contribution in [0.15, 0.2) is 18.2 Å². The van der Waals surface area contributed by atoms with Crippen LogP contribution in [0.2, 0.25) is 0 Å². The summed E-state index contributed by atoms with van der Waals surface area (Å²) in [7, 11) is 0. The molecule has 0 spiro atoms. The van der Waals surface area contributed by atoms with E-state index < -0.39 is 4.92 Å². The molecule has 5 heteroatoms. The molecule has 1 aliphatic rings. The zero-order valence-electron chi connectivity index (χ0n) is 12.8. The number of hydrogen-bond acceptors (Lipinski definition) is 4.